The van der Waals surface area contributed by atoms with Gasteiger partial charge in [0.25, 0.3) is 10.1 Å². The Bertz CT molecular complexity index is 668. The van der Waals surface area contributed by atoms with E-state index < -0.39 is 45.6 Å². The first-order chi connectivity index (χ1) is 13.4. The third-order valence-electron chi connectivity index (χ3n) is 4.58. The van der Waals surface area contributed by atoms with Crippen molar-refractivity contribution in [2.75, 3.05) is 12.4 Å². The Hall–Kier alpha value is -2.20. The predicted octanol–water partition coefficient (Wildman–Crippen LogP) is 2.22. The number of ether oxygens (including phenoxy) is 3. The maximum absolute atomic E-state index is 12.7. The van der Waals surface area contributed by atoms with E-state index in [9.17, 15) is 22.8 Å². The average Bonchev–Trinajstić information content (AvgIpc) is 2.64. The third-order valence-corrected chi connectivity index (χ3v) is 5.38. The van der Waals surface area contributed by atoms with Crippen LogP contribution in [0.1, 0.15) is 46.5 Å². The third kappa shape index (κ3) is 9.71. The lowest BCUT2D eigenvalue weighted by Crippen LogP contribution is -2.50. The topological polar surface area (TPSA) is 133 Å². The largest absolute Gasteiger partial charge is 0.465 e. The SMILES string of the molecule is C=CC(=O)OC(C)C(C)(C(=O)OCCCCCCS(=O)(=O)O)C(C)OC(=O)C=C. The van der Waals surface area contributed by atoms with E-state index in [4.69, 9.17) is 18.8 Å². The van der Waals surface area contributed by atoms with Crippen molar-refractivity contribution >= 4 is 28.0 Å². The van der Waals surface area contributed by atoms with Crippen molar-refractivity contribution < 1.29 is 41.6 Å². The molecule has 1 N–H and O–H groups in total. The lowest BCUT2D eigenvalue weighted by atomic mass is 9.79. The van der Waals surface area contributed by atoms with E-state index in [1.165, 1.54) is 20.8 Å². The molecule has 0 aliphatic carbocycles. The Balaban J connectivity index is 4.92. The van der Waals surface area contributed by atoms with Crippen molar-refractivity contribution in [1.29, 1.82) is 0 Å². The first-order valence-electron chi connectivity index (χ1n) is 9.17. The van der Waals surface area contributed by atoms with E-state index >= 15 is 0 Å². The Labute approximate surface area is 171 Å². The summed E-state index contributed by atoms with van der Waals surface area (Å²) in [6.45, 7) is 11.1. The Morgan fingerprint density at radius 3 is 1.83 bits per heavy atom. The second kappa shape index (κ2) is 12.4. The highest BCUT2D eigenvalue weighted by molar-refractivity contribution is 7.85. The molecule has 0 saturated heterocycles. The van der Waals surface area contributed by atoms with Gasteiger partial charge in [0, 0.05) is 12.2 Å². The van der Waals surface area contributed by atoms with Gasteiger partial charge in [-0.1, -0.05) is 26.0 Å². The minimum absolute atomic E-state index is 0.0462. The number of rotatable bonds is 14. The fraction of sp³-hybridized carbons (Fsp3) is 0.632. The predicted molar refractivity (Wildman–Crippen MR) is 105 cm³/mol. The molecule has 29 heavy (non-hydrogen) atoms. The van der Waals surface area contributed by atoms with Crippen LogP contribution in [-0.4, -0.2) is 55.4 Å². The minimum Gasteiger partial charge on any atom is -0.465 e. The standard InChI is InChI=1S/C19H30O9S/c1-6-16(20)27-14(3)19(5,15(4)28-17(21)7-2)18(22)26-12-10-8-9-11-13-29(23,24)25/h6-7,14-15H,1-2,8-13H2,3-5H3,(H,23,24,25). The normalized spacial score (nSPS) is 15.3. The van der Waals surface area contributed by atoms with E-state index in [0.29, 0.717) is 25.7 Å². The molecule has 0 aromatic rings. The molecule has 166 valence electrons. The Morgan fingerprint density at radius 1 is 0.966 bits per heavy atom. The molecule has 0 heterocycles. The molecule has 2 atom stereocenters. The molecule has 2 unspecified atom stereocenters. The van der Waals surface area contributed by atoms with Crippen LogP contribution in [0.3, 0.4) is 0 Å². The summed E-state index contributed by atoms with van der Waals surface area (Å²) in [7, 11) is -3.98. The molecular formula is C19H30O9S. The van der Waals surface area contributed by atoms with Gasteiger partial charge in [-0.25, -0.2) is 9.59 Å². The Kier molecular flexibility index (Phi) is 11.4. The lowest BCUT2D eigenvalue weighted by molar-refractivity contribution is -0.183. The highest BCUT2D eigenvalue weighted by Crippen LogP contribution is 2.33. The molecule has 0 bridgehead atoms. The quantitative estimate of drug-likeness (QED) is 0.144. The highest BCUT2D eigenvalue weighted by Gasteiger charge is 2.49. The number of esters is 3. The fourth-order valence-electron chi connectivity index (χ4n) is 2.41. The molecule has 0 fully saturated rings. The second-order valence-electron chi connectivity index (χ2n) is 6.69. The summed E-state index contributed by atoms with van der Waals surface area (Å²) < 4.78 is 45.6. The molecule has 0 aromatic heterocycles. The molecule has 9 nitrogen and oxygen atoms in total. The van der Waals surface area contributed by atoms with E-state index in [1.807, 2.05) is 0 Å². The molecule has 0 rings (SSSR count). The molecular weight excluding hydrogens is 404 g/mol. The number of unbranched alkanes of at least 4 members (excludes halogenated alkanes) is 3. The van der Waals surface area contributed by atoms with Crippen LogP contribution >= 0.6 is 0 Å². The fourth-order valence-corrected chi connectivity index (χ4v) is 2.98. The molecule has 0 saturated carbocycles. The summed E-state index contributed by atoms with van der Waals surface area (Å²) in [5, 5.41) is 0. The zero-order valence-electron chi connectivity index (χ0n) is 17.1. The van der Waals surface area contributed by atoms with Gasteiger partial charge in [-0.05, 0) is 33.6 Å². The first-order valence-corrected chi connectivity index (χ1v) is 10.8. The van der Waals surface area contributed by atoms with Crippen LogP contribution in [-0.2, 0) is 38.7 Å². The van der Waals surface area contributed by atoms with Crippen molar-refractivity contribution in [3.63, 3.8) is 0 Å². The lowest BCUT2D eigenvalue weighted by Gasteiger charge is -2.36. The molecule has 10 heteroatoms. The van der Waals surface area contributed by atoms with Gasteiger partial charge in [0.1, 0.15) is 17.6 Å². The zero-order valence-corrected chi connectivity index (χ0v) is 17.9. The van der Waals surface area contributed by atoms with Crippen molar-refractivity contribution in [3.05, 3.63) is 25.3 Å². The number of carbonyl (C=O) groups excluding carboxylic acids is 3. The van der Waals surface area contributed by atoms with E-state index in [0.717, 1.165) is 12.2 Å². The van der Waals surface area contributed by atoms with E-state index in [1.54, 1.807) is 0 Å². The smallest absolute Gasteiger partial charge is 0.330 e. The van der Waals surface area contributed by atoms with Gasteiger partial charge in [0.15, 0.2) is 0 Å². The van der Waals surface area contributed by atoms with Crippen molar-refractivity contribution in [3.8, 4) is 0 Å². The van der Waals surface area contributed by atoms with Crippen LogP contribution in [0.5, 0.6) is 0 Å². The molecule has 0 amide bonds. The van der Waals surface area contributed by atoms with Crippen LogP contribution in [0, 0.1) is 5.41 Å². The Morgan fingerprint density at radius 2 is 1.41 bits per heavy atom. The molecule has 0 spiro atoms. The van der Waals surface area contributed by atoms with Crippen LogP contribution in [0.4, 0.5) is 0 Å². The van der Waals surface area contributed by atoms with Crippen LogP contribution in [0.15, 0.2) is 25.3 Å². The van der Waals surface area contributed by atoms with Gasteiger partial charge in [-0.2, -0.15) is 8.42 Å². The van der Waals surface area contributed by atoms with Gasteiger partial charge >= 0.3 is 17.9 Å². The zero-order chi connectivity index (χ0) is 22.7. The van der Waals surface area contributed by atoms with Crippen LogP contribution in [0.25, 0.3) is 0 Å². The molecule has 0 radical (unpaired) electrons. The van der Waals surface area contributed by atoms with Gasteiger partial charge < -0.3 is 14.2 Å². The van der Waals surface area contributed by atoms with Gasteiger partial charge in [0.05, 0.1) is 12.4 Å². The minimum atomic E-state index is -3.98. The number of carbonyl (C=O) groups is 3. The monoisotopic (exact) mass is 434 g/mol. The van der Waals surface area contributed by atoms with Gasteiger partial charge in [-0.3, -0.25) is 9.35 Å². The summed E-state index contributed by atoms with van der Waals surface area (Å²) in [4.78, 5) is 35.8. The highest BCUT2D eigenvalue weighted by atomic mass is 32.2. The van der Waals surface area contributed by atoms with Crippen molar-refractivity contribution in [2.24, 2.45) is 5.41 Å². The molecule has 0 aliphatic heterocycles. The summed E-state index contributed by atoms with van der Waals surface area (Å²) >= 11 is 0. The van der Waals surface area contributed by atoms with Crippen molar-refractivity contribution in [2.45, 2.75) is 58.7 Å². The maximum atomic E-state index is 12.7. The van der Waals surface area contributed by atoms with Crippen LogP contribution in [0.2, 0.25) is 0 Å². The maximum Gasteiger partial charge on any atom is 0.330 e. The number of hydrogen-bond donors (Lipinski definition) is 1. The molecule has 0 aliphatic rings. The summed E-state index contributed by atoms with van der Waals surface area (Å²) in [6, 6.07) is 0. The van der Waals surface area contributed by atoms with Gasteiger partial charge in [0.2, 0.25) is 0 Å². The van der Waals surface area contributed by atoms with Crippen molar-refractivity contribution in [1.82, 2.24) is 0 Å². The summed E-state index contributed by atoms with van der Waals surface area (Å²) in [6.07, 6.45) is 1.83. The molecule has 0 aromatic carbocycles. The van der Waals surface area contributed by atoms with Crippen LogP contribution < -0.4 is 0 Å². The summed E-state index contributed by atoms with van der Waals surface area (Å²) in [5.41, 5.74) is -1.48. The second-order valence-corrected chi connectivity index (χ2v) is 8.26. The van der Waals surface area contributed by atoms with E-state index in [-0.39, 0.29) is 12.4 Å². The number of hydrogen-bond acceptors (Lipinski definition) is 8. The van der Waals surface area contributed by atoms with Gasteiger partial charge in [-0.15, -0.1) is 0 Å². The van der Waals surface area contributed by atoms with E-state index in [2.05, 4.69) is 13.2 Å². The average molecular weight is 435 g/mol. The first kappa shape index (κ1) is 26.8. The summed E-state index contributed by atoms with van der Waals surface area (Å²) in [5.74, 6) is -2.51.